The molecule has 0 saturated carbocycles. The summed E-state index contributed by atoms with van der Waals surface area (Å²) >= 11 is 1.84. The third-order valence-corrected chi connectivity index (χ3v) is 3.88. The van der Waals surface area contributed by atoms with Crippen LogP contribution >= 0.6 is 11.8 Å². The summed E-state index contributed by atoms with van der Waals surface area (Å²) in [6.07, 6.45) is 0. The minimum absolute atomic E-state index is 0.00931. The van der Waals surface area contributed by atoms with Crippen LogP contribution in [0.3, 0.4) is 0 Å². The molecule has 1 aromatic rings. The van der Waals surface area contributed by atoms with Crippen LogP contribution in [0.2, 0.25) is 0 Å². The molecule has 0 bridgehead atoms. The number of hydrogen-bond acceptors (Lipinski definition) is 3. The van der Waals surface area contributed by atoms with Crippen molar-refractivity contribution in [1.29, 1.82) is 0 Å². The van der Waals surface area contributed by atoms with Gasteiger partial charge in [0.15, 0.2) is 0 Å². The Labute approximate surface area is 107 Å². The molecule has 0 aliphatic carbocycles. The molecule has 0 aliphatic rings. The first-order valence-corrected chi connectivity index (χ1v) is 6.90. The van der Waals surface area contributed by atoms with Crippen molar-refractivity contribution in [3.05, 3.63) is 35.9 Å². The predicted octanol–water partition coefficient (Wildman–Crippen LogP) is 2.91. The highest BCUT2D eigenvalue weighted by atomic mass is 32.2. The molecule has 3 nitrogen and oxygen atoms in total. The smallest absolute Gasteiger partial charge is 0.147 e. The Bertz CT molecular complexity index is 352. The number of thioether (sulfide) groups is 1. The average Bonchev–Trinajstić information content (AvgIpc) is 2.34. The van der Waals surface area contributed by atoms with E-state index in [0.717, 1.165) is 17.1 Å². The number of nitrogens with zero attached hydrogens (tertiary/aromatic N) is 1. The maximum atomic E-state index is 8.83. The van der Waals surface area contributed by atoms with Gasteiger partial charge in [-0.25, -0.2) is 0 Å². The van der Waals surface area contributed by atoms with Crippen molar-refractivity contribution in [3.63, 3.8) is 0 Å². The van der Waals surface area contributed by atoms with Gasteiger partial charge in [0.05, 0.1) is 5.92 Å². The molecule has 3 N–H and O–H groups in total. The Hall–Kier alpha value is -1.16. The molecule has 1 rings (SSSR count). The highest BCUT2D eigenvalue weighted by Gasteiger charge is 2.16. The first-order valence-electron chi connectivity index (χ1n) is 5.75. The normalized spacial score (nSPS) is 13.9. The number of nitrogens with two attached hydrogens (primary N) is 1. The minimum atomic E-state index is -0.00931. The first-order chi connectivity index (χ1) is 8.15. The average molecular weight is 252 g/mol. The molecule has 0 aliphatic heterocycles. The van der Waals surface area contributed by atoms with E-state index in [4.69, 9.17) is 10.9 Å². The summed E-state index contributed by atoms with van der Waals surface area (Å²) in [5, 5.41) is 12.0. The molecule has 0 spiro atoms. The molecular formula is C13H20N2OS. The highest BCUT2D eigenvalue weighted by Crippen LogP contribution is 2.22. The van der Waals surface area contributed by atoms with Crippen molar-refractivity contribution in [1.82, 2.24) is 0 Å². The van der Waals surface area contributed by atoms with Crippen LogP contribution in [0.1, 0.15) is 25.3 Å². The summed E-state index contributed by atoms with van der Waals surface area (Å²) in [4.78, 5) is 0. The van der Waals surface area contributed by atoms with Gasteiger partial charge in [0.1, 0.15) is 5.84 Å². The standard InChI is InChI=1S/C13H20N2OS/c1-10(2)8-17-9-12(13(14)15-16)11-6-4-3-5-7-11/h3-7,10,12,16H,8-9H2,1-2H3,(H2,14,15). The molecular weight excluding hydrogens is 232 g/mol. The van der Waals surface area contributed by atoms with Gasteiger partial charge >= 0.3 is 0 Å². The van der Waals surface area contributed by atoms with E-state index in [2.05, 4.69) is 19.0 Å². The topological polar surface area (TPSA) is 58.6 Å². The van der Waals surface area contributed by atoms with Gasteiger partial charge in [0.25, 0.3) is 0 Å². The first kappa shape index (κ1) is 13.9. The number of benzene rings is 1. The zero-order chi connectivity index (χ0) is 12.7. The van der Waals surface area contributed by atoms with Gasteiger partial charge in [-0.3, -0.25) is 0 Å². The lowest BCUT2D eigenvalue weighted by Crippen LogP contribution is -2.24. The molecule has 0 radical (unpaired) electrons. The van der Waals surface area contributed by atoms with Crippen LogP contribution in [0.4, 0.5) is 0 Å². The van der Waals surface area contributed by atoms with Crippen molar-refractivity contribution >= 4 is 17.6 Å². The molecule has 17 heavy (non-hydrogen) atoms. The predicted molar refractivity (Wildman–Crippen MR) is 74.8 cm³/mol. The van der Waals surface area contributed by atoms with Crippen molar-refractivity contribution in [3.8, 4) is 0 Å². The fourth-order valence-corrected chi connectivity index (χ4v) is 2.74. The largest absolute Gasteiger partial charge is 0.409 e. The lowest BCUT2D eigenvalue weighted by molar-refractivity contribution is 0.316. The molecule has 94 valence electrons. The Morgan fingerprint density at radius 2 is 1.94 bits per heavy atom. The summed E-state index contributed by atoms with van der Waals surface area (Å²) in [5.74, 6) is 2.86. The third kappa shape index (κ3) is 4.69. The minimum Gasteiger partial charge on any atom is -0.409 e. The molecule has 4 heteroatoms. The van der Waals surface area contributed by atoms with Gasteiger partial charge in [-0.1, -0.05) is 49.3 Å². The Balaban J connectivity index is 2.69. The summed E-state index contributed by atoms with van der Waals surface area (Å²) < 4.78 is 0. The van der Waals surface area contributed by atoms with E-state index >= 15 is 0 Å². The van der Waals surface area contributed by atoms with Crippen LogP contribution in [-0.2, 0) is 0 Å². The second kappa shape index (κ2) is 7.22. The van der Waals surface area contributed by atoms with Crippen LogP contribution in [0.25, 0.3) is 0 Å². The van der Waals surface area contributed by atoms with Crippen LogP contribution in [0.5, 0.6) is 0 Å². The number of hydrogen-bond donors (Lipinski definition) is 2. The fraction of sp³-hybridized carbons (Fsp3) is 0.462. The lowest BCUT2D eigenvalue weighted by atomic mass is 10.0. The van der Waals surface area contributed by atoms with E-state index < -0.39 is 0 Å². The van der Waals surface area contributed by atoms with Crippen LogP contribution in [0.15, 0.2) is 35.5 Å². The molecule has 0 saturated heterocycles. The molecule has 0 amide bonds. The van der Waals surface area contributed by atoms with Crippen molar-refractivity contribution in [2.45, 2.75) is 19.8 Å². The van der Waals surface area contributed by atoms with E-state index in [1.165, 1.54) is 0 Å². The molecule has 1 atom stereocenters. The van der Waals surface area contributed by atoms with Gasteiger partial charge < -0.3 is 10.9 Å². The molecule has 0 fully saturated rings. The molecule has 1 unspecified atom stereocenters. The third-order valence-electron chi connectivity index (χ3n) is 2.41. The van der Waals surface area contributed by atoms with Gasteiger partial charge in [-0.05, 0) is 17.2 Å². The van der Waals surface area contributed by atoms with Crippen molar-refractivity contribution in [2.24, 2.45) is 16.8 Å². The zero-order valence-electron chi connectivity index (χ0n) is 10.3. The van der Waals surface area contributed by atoms with Crippen LogP contribution in [0, 0.1) is 5.92 Å². The number of oxime groups is 1. The van der Waals surface area contributed by atoms with Crippen molar-refractivity contribution < 1.29 is 5.21 Å². The highest BCUT2D eigenvalue weighted by molar-refractivity contribution is 7.99. The maximum Gasteiger partial charge on any atom is 0.147 e. The summed E-state index contributed by atoms with van der Waals surface area (Å²) in [5.41, 5.74) is 6.85. The van der Waals surface area contributed by atoms with E-state index in [0.29, 0.717) is 5.92 Å². The quantitative estimate of drug-likeness (QED) is 0.354. The fourth-order valence-electron chi connectivity index (χ4n) is 1.53. The van der Waals surface area contributed by atoms with E-state index in [9.17, 15) is 0 Å². The lowest BCUT2D eigenvalue weighted by Gasteiger charge is -2.16. The number of rotatable bonds is 6. The van der Waals surface area contributed by atoms with Crippen molar-refractivity contribution in [2.75, 3.05) is 11.5 Å². The Morgan fingerprint density at radius 3 is 2.47 bits per heavy atom. The molecule has 0 aromatic heterocycles. The maximum absolute atomic E-state index is 8.83. The Morgan fingerprint density at radius 1 is 1.29 bits per heavy atom. The zero-order valence-corrected chi connectivity index (χ0v) is 11.2. The van der Waals surface area contributed by atoms with Gasteiger partial charge in [0.2, 0.25) is 0 Å². The van der Waals surface area contributed by atoms with E-state index in [-0.39, 0.29) is 11.8 Å². The second-order valence-electron chi connectivity index (χ2n) is 4.42. The second-order valence-corrected chi connectivity index (χ2v) is 5.49. The SMILES string of the molecule is CC(C)CSCC(/C(N)=N/O)c1ccccc1. The van der Waals surface area contributed by atoms with E-state index in [1.807, 2.05) is 42.1 Å². The molecule has 0 heterocycles. The van der Waals surface area contributed by atoms with Gasteiger partial charge in [-0.2, -0.15) is 11.8 Å². The summed E-state index contributed by atoms with van der Waals surface area (Å²) in [7, 11) is 0. The van der Waals surface area contributed by atoms with E-state index in [1.54, 1.807) is 0 Å². The summed E-state index contributed by atoms with van der Waals surface area (Å²) in [6, 6.07) is 9.94. The monoisotopic (exact) mass is 252 g/mol. The number of amidine groups is 1. The van der Waals surface area contributed by atoms with Crippen LogP contribution in [-0.4, -0.2) is 22.5 Å². The van der Waals surface area contributed by atoms with Crippen LogP contribution < -0.4 is 5.73 Å². The Kier molecular flexibility index (Phi) is 5.91. The summed E-state index contributed by atoms with van der Waals surface area (Å²) in [6.45, 7) is 4.38. The van der Waals surface area contributed by atoms with Gasteiger partial charge in [-0.15, -0.1) is 0 Å². The van der Waals surface area contributed by atoms with Gasteiger partial charge in [0, 0.05) is 5.75 Å². The molecule has 1 aromatic carbocycles.